The third kappa shape index (κ3) is 2.30. The highest BCUT2D eigenvalue weighted by Gasteiger charge is 2.60. The Labute approximate surface area is 140 Å². The number of hydrogen-bond acceptors (Lipinski definition) is 2. The number of ether oxygens (including phenoxy) is 1. The fraction of sp³-hybridized carbons (Fsp3) is 0.850. The second-order valence-corrected chi connectivity index (χ2v) is 9.58. The molecule has 23 heavy (non-hydrogen) atoms. The molecule has 3 heteroatoms. The van der Waals surface area contributed by atoms with Crippen molar-refractivity contribution in [3.63, 3.8) is 0 Å². The number of rotatable bonds is 0. The van der Waals surface area contributed by atoms with Gasteiger partial charge >= 0.3 is 0 Å². The number of fused-ring (bicyclic) bond motifs is 1. The van der Waals surface area contributed by atoms with Crippen molar-refractivity contribution in [1.29, 1.82) is 0 Å². The van der Waals surface area contributed by atoms with Gasteiger partial charge in [-0.1, -0.05) is 32.9 Å². The van der Waals surface area contributed by atoms with Crippen LogP contribution in [0.25, 0.3) is 0 Å². The van der Waals surface area contributed by atoms with Gasteiger partial charge in [0, 0.05) is 12.5 Å². The lowest BCUT2D eigenvalue weighted by Crippen LogP contribution is -2.64. The second-order valence-electron chi connectivity index (χ2n) is 9.58. The Bertz CT molecular complexity index is 538. The van der Waals surface area contributed by atoms with Gasteiger partial charge in [0.25, 0.3) is 0 Å². The van der Waals surface area contributed by atoms with Gasteiger partial charge in [0.2, 0.25) is 5.91 Å². The molecule has 1 saturated carbocycles. The van der Waals surface area contributed by atoms with E-state index in [0.29, 0.717) is 17.4 Å². The second kappa shape index (κ2) is 4.84. The molecule has 0 N–H and O–H groups in total. The highest BCUT2D eigenvalue weighted by atomic mass is 16.5. The summed E-state index contributed by atoms with van der Waals surface area (Å²) in [7, 11) is 0. The van der Waals surface area contributed by atoms with E-state index in [4.69, 9.17) is 4.74 Å². The first kappa shape index (κ1) is 15.7. The Hall–Kier alpha value is -0.830. The van der Waals surface area contributed by atoms with E-state index in [1.807, 2.05) is 0 Å². The Morgan fingerprint density at radius 3 is 2.52 bits per heavy atom. The number of carbonyl (C=O) groups excluding carboxylic acids is 1. The van der Waals surface area contributed by atoms with E-state index in [9.17, 15) is 4.79 Å². The van der Waals surface area contributed by atoms with Crippen molar-refractivity contribution in [2.45, 2.75) is 83.5 Å². The van der Waals surface area contributed by atoms with E-state index < -0.39 is 0 Å². The minimum Gasteiger partial charge on any atom is -0.361 e. The van der Waals surface area contributed by atoms with Crippen LogP contribution < -0.4 is 0 Å². The number of carbonyl (C=O) groups is 1. The molecular weight excluding hydrogens is 286 g/mol. The summed E-state index contributed by atoms with van der Waals surface area (Å²) in [6, 6.07) is 0. The highest BCUT2D eigenvalue weighted by Crippen LogP contribution is 2.56. The summed E-state index contributed by atoms with van der Waals surface area (Å²) in [6.07, 6.45) is 11.9. The minimum atomic E-state index is -0.164. The summed E-state index contributed by atoms with van der Waals surface area (Å²) in [5.74, 6) is 1.63. The summed E-state index contributed by atoms with van der Waals surface area (Å²) < 4.78 is 6.25. The minimum absolute atomic E-state index is 0.102. The van der Waals surface area contributed by atoms with Crippen LogP contribution in [0.3, 0.4) is 0 Å². The molecule has 3 atom stereocenters. The molecular formula is C20H31NO2. The van der Waals surface area contributed by atoms with E-state index in [0.717, 1.165) is 25.3 Å². The number of likely N-dealkylation sites (tertiary alicyclic amines) is 1. The zero-order chi connectivity index (χ0) is 16.5. The molecule has 2 bridgehead atoms. The van der Waals surface area contributed by atoms with Gasteiger partial charge in [-0.2, -0.15) is 0 Å². The molecule has 3 aliphatic heterocycles. The fourth-order valence-electron chi connectivity index (χ4n) is 5.87. The van der Waals surface area contributed by atoms with E-state index in [1.165, 1.54) is 25.7 Å². The average molecular weight is 317 g/mol. The number of piperidine rings is 1. The van der Waals surface area contributed by atoms with Crippen molar-refractivity contribution in [3.8, 4) is 0 Å². The molecule has 128 valence electrons. The molecule has 4 rings (SSSR count). The molecule has 0 aromatic heterocycles. The van der Waals surface area contributed by atoms with Crippen molar-refractivity contribution in [2.75, 3.05) is 6.54 Å². The number of hydrogen-bond donors (Lipinski definition) is 0. The lowest BCUT2D eigenvalue weighted by atomic mass is 9.61. The fourth-order valence-corrected chi connectivity index (χ4v) is 5.87. The van der Waals surface area contributed by atoms with Gasteiger partial charge in [0.1, 0.15) is 5.60 Å². The Morgan fingerprint density at radius 1 is 1.26 bits per heavy atom. The maximum atomic E-state index is 12.5. The third-order valence-corrected chi connectivity index (χ3v) is 7.30. The third-order valence-electron chi connectivity index (χ3n) is 7.30. The first-order chi connectivity index (χ1) is 10.7. The Kier molecular flexibility index (Phi) is 3.30. The molecule has 1 aliphatic carbocycles. The highest BCUT2D eigenvalue weighted by molar-refractivity contribution is 5.74. The molecule has 3 nitrogen and oxygen atoms in total. The quantitative estimate of drug-likeness (QED) is 0.634. The van der Waals surface area contributed by atoms with Crippen LogP contribution in [-0.2, 0) is 9.53 Å². The summed E-state index contributed by atoms with van der Waals surface area (Å²) >= 11 is 0. The van der Waals surface area contributed by atoms with E-state index in [1.54, 1.807) is 6.92 Å². The molecule has 1 amide bonds. The molecule has 0 radical (unpaired) electrons. The standard InChI is InChI=1S/C20H31NO2/c1-14(22)21-13-20-10-7-17(23-20)11-16(20)12-19(21)8-5-15(6-9-19)18(2,3)4/h7,10,15-17H,5-6,8-9,11-13H2,1-4H3. The monoisotopic (exact) mass is 317 g/mol. The lowest BCUT2D eigenvalue weighted by Gasteiger charge is -2.57. The molecule has 3 unspecified atom stereocenters. The topological polar surface area (TPSA) is 29.5 Å². The van der Waals surface area contributed by atoms with Crippen molar-refractivity contribution in [3.05, 3.63) is 12.2 Å². The van der Waals surface area contributed by atoms with Crippen molar-refractivity contribution in [1.82, 2.24) is 4.90 Å². The van der Waals surface area contributed by atoms with Gasteiger partial charge in [-0.25, -0.2) is 0 Å². The van der Waals surface area contributed by atoms with Gasteiger partial charge in [-0.3, -0.25) is 4.79 Å². The number of nitrogens with zero attached hydrogens (tertiary/aromatic N) is 1. The normalized spacial score (nSPS) is 45.6. The Morgan fingerprint density at radius 2 is 1.96 bits per heavy atom. The maximum absolute atomic E-state index is 12.5. The maximum Gasteiger partial charge on any atom is 0.220 e. The van der Waals surface area contributed by atoms with Crippen LogP contribution in [0, 0.1) is 17.3 Å². The van der Waals surface area contributed by atoms with Crippen molar-refractivity contribution in [2.24, 2.45) is 17.3 Å². The van der Waals surface area contributed by atoms with Crippen LogP contribution >= 0.6 is 0 Å². The Balaban J connectivity index is 1.59. The van der Waals surface area contributed by atoms with Crippen LogP contribution in [-0.4, -0.2) is 34.6 Å². The average Bonchev–Trinajstić information content (AvgIpc) is 3.02. The first-order valence-corrected chi connectivity index (χ1v) is 9.40. The predicted octanol–water partition coefficient (Wildman–Crippen LogP) is 3.93. The van der Waals surface area contributed by atoms with Crippen LogP contribution in [0.5, 0.6) is 0 Å². The zero-order valence-corrected chi connectivity index (χ0v) is 15.1. The molecule has 2 saturated heterocycles. The molecule has 3 fully saturated rings. The van der Waals surface area contributed by atoms with Gasteiger partial charge in [-0.05, 0) is 55.8 Å². The van der Waals surface area contributed by atoms with Gasteiger partial charge in [0.05, 0.1) is 12.6 Å². The van der Waals surface area contributed by atoms with Gasteiger partial charge in [0.15, 0.2) is 0 Å². The smallest absolute Gasteiger partial charge is 0.220 e. The molecule has 4 aliphatic rings. The predicted molar refractivity (Wildman–Crippen MR) is 91.0 cm³/mol. The SMILES string of the molecule is CC(=O)N1CC23C=CC(CC2CC12CCC(C(C)(C)C)CC2)O3. The molecule has 0 aromatic rings. The van der Waals surface area contributed by atoms with Crippen LogP contribution in [0.1, 0.15) is 66.2 Å². The summed E-state index contributed by atoms with van der Waals surface area (Å²) in [5, 5.41) is 0. The first-order valence-electron chi connectivity index (χ1n) is 9.40. The zero-order valence-electron chi connectivity index (χ0n) is 15.1. The van der Waals surface area contributed by atoms with Crippen LogP contribution in [0.4, 0.5) is 0 Å². The van der Waals surface area contributed by atoms with E-state index >= 15 is 0 Å². The lowest BCUT2D eigenvalue weighted by molar-refractivity contribution is -0.155. The van der Waals surface area contributed by atoms with Crippen LogP contribution in [0.2, 0.25) is 0 Å². The summed E-state index contributed by atoms with van der Waals surface area (Å²) in [4.78, 5) is 14.7. The van der Waals surface area contributed by atoms with Gasteiger partial charge in [-0.15, -0.1) is 0 Å². The van der Waals surface area contributed by atoms with Crippen LogP contribution in [0.15, 0.2) is 12.2 Å². The number of amides is 1. The van der Waals surface area contributed by atoms with E-state index in [2.05, 4.69) is 37.8 Å². The van der Waals surface area contributed by atoms with Crippen molar-refractivity contribution >= 4 is 5.91 Å². The molecule has 0 aromatic carbocycles. The molecule has 2 spiro atoms. The summed E-state index contributed by atoms with van der Waals surface area (Å²) in [6.45, 7) is 9.62. The van der Waals surface area contributed by atoms with E-state index in [-0.39, 0.29) is 17.0 Å². The van der Waals surface area contributed by atoms with Gasteiger partial charge < -0.3 is 9.64 Å². The summed E-state index contributed by atoms with van der Waals surface area (Å²) in [5.41, 5.74) is 0.324. The van der Waals surface area contributed by atoms with Crippen molar-refractivity contribution < 1.29 is 9.53 Å². The largest absolute Gasteiger partial charge is 0.361 e. The molecule has 3 heterocycles.